The molecule has 0 aromatic heterocycles. The summed E-state index contributed by atoms with van der Waals surface area (Å²) in [5.41, 5.74) is 11.3. The Hall–Kier alpha value is 0.128. The number of aliphatic carboxylic acids is 2. The maximum atomic E-state index is 9.92. The molecule has 0 heterocycles. The van der Waals surface area contributed by atoms with Crippen LogP contribution in [0.3, 0.4) is 0 Å². The van der Waals surface area contributed by atoms with Gasteiger partial charge in [0.05, 0.1) is 0 Å². The molecule has 0 aromatic carbocycles. The summed E-state index contributed by atoms with van der Waals surface area (Å²) in [6, 6.07) is 0.562. The average molecular weight is 667 g/mol. The van der Waals surface area contributed by atoms with Crippen molar-refractivity contribution in [1.29, 1.82) is 0 Å². The van der Waals surface area contributed by atoms with E-state index in [4.69, 9.17) is 11.5 Å². The molecule has 31 heavy (non-hydrogen) atoms. The van der Waals surface area contributed by atoms with Gasteiger partial charge in [-0.1, -0.05) is 78.1 Å². The Morgan fingerprint density at radius 1 is 0.677 bits per heavy atom. The summed E-state index contributed by atoms with van der Waals surface area (Å²) in [4.78, 5) is 19.8. The summed E-state index contributed by atoms with van der Waals surface area (Å²) < 4.78 is 0. The third-order valence-corrected chi connectivity index (χ3v) is 4.84. The molecule has 6 nitrogen and oxygen atoms in total. The van der Waals surface area contributed by atoms with Crippen LogP contribution in [0.4, 0.5) is 0 Å². The summed E-state index contributed by atoms with van der Waals surface area (Å²) >= 11 is 0. The Kier molecular flexibility index (Phi) is 43.1. The maximum absolute atomic E-state index is 9.92. The Bertz CT molecular complexity index is 347. The first kappa shape index (κ1) is 41.4. The van der Waals surface area contributed by atoms with Crippen LogP contribution in [-0.4, -0.2) is 24.0 Å². The topological polar surface area (TPSA) is 132 Å². The number of hydrogen-bond acceptors (Lipinski definition) is 6. The van der Waals surface area contributed by atoms with Crippen LogP contribution >= 0.6 is 0 Å². The summed E-state index contributed by atoms with van der Waals surface area (Å²) in [7, 11) is 0. The largest absolute Gasteiger partial charge is 4.00 e. The van der Waals surface area contributed by atoms with E-state index in [1.807, 2.05) is 0 Å². The smallest absolute Gasteiger partial charge is 1.00 e. The van der Waals surface area contributed by atoms with Crippen LogP contribution in [0.2, 0.25) is 0 Å². The number of carbonyl (C=O) groups excluding carboxylic acids is 2. The van der Waals surface area contributed by atoms with Crippen molar-refractivity contribution in [2.45, 2.75) is 129 Å². The number of carboxylic acid groups (broad SMARTS) is 2. The quantitative estimate of drug-likeness (QED) is 0.207. The molecule has 0 unspecified atom stereocenters. The maximum Gasteiger partial charge on any atom is 4.00 e. The molecule has 0 amide bonds. The number of rotatable bonds is 12. The zero-order chi connectivity index (χ0) is 21.6. The van der Waals surface area contributed by atoms with Crippen LogP contribution in [0.25, 0.3) is 0 Å². The fourth-order valence-electron chi connectivity index (χ4n) is 2.93. The standard InChI is InChI=1S/2C8H16O2.C6H14N2.2ClH.Pt/c2*1-2-3-4-5-6-7-8(9)10;7-5-3-1-2-4-6(5)8;;;/h2*2-7H2,1H3,(H,9,10);5-6H,1-4,7-8H2;2*1H;/q;;;;;+4/p-4/t;;5-,6-;;;/m..1.../s1. The van der Waals surface area contributed by atoms with Gasteiger partial charge in [0.15, 0.2) is 0 Å². The van der Waals surface area contributed by atoms with Gasteiger partial charge in [0.1, 0.15) is 0 Å². The van der Waals surface area contributed by atoms with Gasteiger partial charge in [-0.15, -0.1) is 0 Å². The second-order valence-corrected chi connectivity index (χ2v) is 7.68. The van der Waals surface area contributed by atoms with Crippen molar-refractivity contribution in [3.05, 3.63) is 0 Å². The van der Waals surface area contributed by atoms with Crippen molar-refractivity contribution in [1.82, 2.24) is 0 Å². The molecule has 190 valence electrons. The minimum atomic E-state index is -0.920. The van der Waals surface area contributed by atoms with Crippen molar-refractivity contribution in [3.63, 3.8) is 0 Å². The minimum absolute atomic E-state index is 0. The van der Waals surface area contributed by atoms with E-state index in [1.54, 1.807) is 0 Å². The normalized spacial score (nSPS) is 16.5. The van der Waals surface area contributed by atoms with E-state index in [2.05, 4.69) is 13.8 Å². The van der Waals surface area contributed by atoms with Crippen molar-refractivity contribution in [3.8, 4) is 0 Å². The molecule has 1 aliphatic carbocycles. The average Bonchev–Trinajstić information content (AvgIpc) is 2.64. The van der Waals surface area contributed by atoms with Crippen LogP contribution < -0.4 is 46.5 Å². The van der Waals surface area contributed by atoms with Gasteiger partial charge in [0.2, 0.25) is 0 Å². The molecule has 9 heteroatoms. The molecule has 1 fully saturated rings. The number of nitrogens with two attached hydrogens (primary N) is 2. The van der Waals surface area contributed by atoms with Crippen LogP contribution in [0.1, 0.15) is 117 Å². The molecule has 1 rings (SSSR count). The monoisotopic (exact) mass is 665 g/mol. The van der Waals surface area contributed by atoms with Crippen LogP contribution in [0.15, 0.2) is 0 Å². The molecule has 4 N–H and O–H groups in total. The third kappa shape index (κ3) is 37.8. The predicted octanol–water partition coefficient (Wildman–Crippen LogP) is -3.59. The molecular weight excluding hydrogens is 622 g/mol. The molecule has 1 saturated carbocycles. The molecule has 0 bridgehead atoms. The van der Waals surface area contributed by atoms with Gasteiger partial charge in [0.25, 0.3) is 0 Å². The predicted molar refractivity (Wildman–Crippen MR) is 111 cm³/mol. The molecular formula is C22H44Cl2N2O4Pt. The molecule has 1 aliphatic rings. The van der Waals surface area contributed by atoms with Crippen molar-refractivity contribution < 1.29 is 65.7 Å². The number of carbonyl (C=O) groups is 2. The Balaban J connectivity index is -0.000000104. The van der Waals surface area contributed by atoms with E-state index < -0.39 is 11.9 Å². The molecule has 0 aromatic rings. The van der Waals surface area contributed by atoms with Crippen LogP contribution in [-0.2, 0) is 30.7 Å². The van der Waals surface area contributed by atoms with E-state index in [0.717, 1.165) is 51.4 Å². The second-order valence-electron chi connectivity index (χ2n) is 7.68. The van der Waals surface area contributed by atoms with E-state index in [9.17, 15) is 19.8 Å². The summed E-state index contributed by atoms with van der Waals surface area (Å²) in [6.07, 6.45) is 16.0. The summed E-state index contributed by atoms with van der Waals surface area (Å²) in [6.45, 7) is 4.28. The zero-order valence-electron chi connectivity index (χ0n) is 19.3. The third-order valence-electron chi connectivity index (χ3n) is 4.84. The van der Waals surface area contributed by atoms with E-state index in [-0.39, 0.29) is 70.8 Å². The molecule has 0 spiro atoms. The summed E-state index contributed by atoms with van der Waals surface area (Å²) in [5.74, 6) is -1.84. The van der Waals surface area contributed by atoms with Gasteiger partial charge in [-0.3, -0.25) is 0 Å². The molecule has 0 aliphatic heterocycles. The number of carboxylic acids is 2. The number of unbranched alkanes of at least 4 members (excludes halogenated alkanes) is 8. The molecule has 0 saturated heterocycles. The zero-order valence-corrected chi connectivity index (χ0v) is 23.1. The number of hydrogen-bond donors (Lipinski definition) is 2. The summed E-state index contributed by atoms with van der Waals surface area (Å²) in [5, 5.41) is 19.8. The first-order valence-electron chi connectivity index (χ1n) is 11.3. The van der Waals surface area contributed by atoms with Crippen LogP contribution in [0, 0.1) is 0 Å². The van der Waals surface area contributed by atoms with E-state index in [1.165, 1.54) is 38.5 Å². The van der Waals surface area contributed by atoms with Gasteiger partial charge in [-0.2, -0.15) is 0 Å². The first-order valence-corrected chi connectivity index (χ1v) is 11.3. The van der Waals surface area contributed by atoms with Gasteiger partial charge in [-0.25, -0.2) is 0 Å². The van der Waals surface area contributed by atoms with Crippen molar-refractivity contribution >= 4 is 11.9 Å². The van der Waals surface area contributed by atoms with Gasteiger partial charge in [-0.05, 0) is 38.5 Å². The minimum Gasteiger partial charge on any atom is -1.00 e. The van der Waals surface area contributed by atoms with E-state index >= 15 is 0 Å². The number of halogens is 2. The molecule has 0 radical (unpaired) electrons. The fourth-order valence-corrected chi connectivity index (χ4v) is 2.93. The van der Waals surface area contributed by atoms with Crippen molar-refractivity contribution in [2.75, 3.05) is 0 Å². The van der Waals surface area contributed by atoms with Crippen molar-refractivity contribution in [2.24, 2.45) is 11.5 Å². The van der Waals surface area contributed by atoms with E-state index in [0.29, 0.717) is 0 Å². The van der Waals surface area contributed by atoms with Crippen LogP contribution in [0.5, 0.6) is 0 Å². The Labute approximate surface area is 217 Å². The second kappa shape index (κ2) is 32.3. The van der Waals surface area contributed by atoms with Gasteiger partial charge in [0, 0.05) is 24.0 Å². The Morgan fingerprint density at radius 3 is 1.19 bits per heavy atom. The fraction of sp³-hybridized carbons (Fsp3) is 0.909. The Morgan fingerprint density at radius 2 is 0.968 bits per heavy atom. The SMILES string of the molecule is CCCCCCCC(=O)[O-].CCCCCCCC(=O)[O-].N[C@@H]1CCCC[C@H]1N.[Cl-].[Cl-].[Pt+4]. The first-order chi connectivity index (χ1) is 13.3. The molecule has 2 atom stereocenters. The van der Waals surface area contributed by atoms with Gasteiger partial charge < -0.3 is 56.1 Å². The van der Waals surface area contributed by atoms with Gasteiger partial charge >= 0.3 is 21.1 Å².